The van der Waals surface area contributed by atoms with Crippen molar-refractivity contribution >= 4 is 17.5 Å². The lowest BCUT2D eigenvalue weighted by molar-refractivity contribution is -0.124. The van der Waals surface area contributed by atoms with E-state index in [1.54, 1.807) is 0 Å². The highest BCUT2D eigenvalue weighted by atomic mass is 19.2. The lowest BCUT2D eigenvalue weighted by Gasteiger charge is -2.07. The Kier molecular flexibility index (Phi) is 5.45. The SMILES string of the molecule is O=C(Cn1nnc(-c2ccccc2)n1)NCC(=O)Nc1ccc(F)c(F)c1. The van der Waals surface area contributed by atoms with Crippen LogP contribution in [0.5, 0.6) is 0 Å². The molecule has 3 aromatic rings. The van der Waals surface area contributed by atoms with Crippen molar-refractivity contribution in [3.8, 4) is 11.4 Å². The molecule has 2 N–H and O–H groups in total. The van der Waals surface area contributed by atoms with Crippen LogP contribution in [0.25, 0.3) is 11.4 Å². The Balaban J connectivity index is 1.49. The Labute approximate surface area is 152 Å². The largest absolute Gasteiger partial charge is 0.345 e. The Morgan fingerprint density at radius 3 is 2.52 bits per heavy atom. The predicted octanol–water partition coefficient (Wildman–Crippen LogP) is 1.37. The molecule has 1 heterocycles. The average Bonchev–Trinajstić information content (AvgIpc) is 3.12. The number of anilines is 1. The molecule has 1 aromatic heterocycles. The van der Waals surface area contributed by atoms with Gasteiger partial charge in [-0.25, -0.2) is 8.78 Å². The molecular weight excluding hydrogens is 358 g/mol. The van der Waals surface area contributed by atoms with E-state index in [2.05, 4.69) is 26.0 Å². The first-order valence-electron chi connectivity index (χ1n) is 7.86. The second kappa shape index (κ2) is 8.13. The molecule has 10 heteroatoms. The van der Waals surface area contributed by atoms with Crippen molar-refractivity contribution in [2.75, 3.05) is 11.9 Å². The van der Waals surface area contributed by atoms with Gasteiger partial charge in [0.15, 0.2) is 11.6 Å². The summed E-state index contributed by atoms with van der Waals surface area (Å²) in [6.45, 7) is -0.573. The fraction of sp³-hybridized carbons (Fsp3) is 0.118. The molecule has 138 valence electrons. The maximum absolute atomic E-state index is 13.1. The molecule has 0 aliphatic heterocycles. The molecule has 0 saturated heterocycles. The molecule has 3 rings (SSSR count). The van der Waals surface area contributed by atoms with Crippen LogP contribution >= 0.6 is 0 Å². The van der Waals surface area contributed by atoms with Gasteiger partial charge in [-0.15, -0.1) is 10.2 Å². The highest BCUT2D eigenvalue weighted by Gasteiger charge is 2.11. The standard InChI is InChI=1S/C17H14F2N6O2/c18-13-7-6-12(8-14(13)19)21-15(26)9-20-16(27)10-25-23-17(22-24-25)11-4-2-1-3-5-11/h1-8H,9-10H2,(H,20,27)(H,21,26). The summed E-state index contributed by atoms with van der Waals surface area (Å²) in [5, 5.41) is 16.5. The van der Waals surface area contributed by atoms with Crippen molar-refractivity contribution in [2.45, 2.75) is 6.54 Å². The number of amides is 2. The molecule has 2 amide bonds. The maximum Gasteiger partial charge on any atom is 0.244 e. The van der Waals surface area contributed by atoms with Gasteiger partial charge in [-0.1, -0.05) is 30.3 Å². The van der Waals surface area contributed by atoms with Crippen molar-refractivity contribution in [3.05, 3.63) is 60.2 Å². The van der Waals surface area contributed by atoms with Gasteiger partial charge in [0.05, 0.1) is 6.54 Å². The number of carbonyl (C=O) groups is 2. The summed E-state index contributed by atoms with van der Waals surface area (Å²) in [5.41, 5.74) is 0.841. The average molecular weight is 372 g/mol. The van der Waals surface area contributed by atoms with E-state index in [1.165, 1.54) is 6.07 Å². The molecule has 2 aromatic carbocycles. The molecule has 0 spiro atoms. The Morgan fingerprint density at radius 2 is 1.78 bits per heavy atom. The summed E-state index contributed by atoms with van der Waals surface area (Å²) in [7, 11) is 0. The quantitative estimate of drug-likeness (QED) is 0.681. The van der Waals surface area contributed by atoms with Crippen LogP contribution < -0.4 is 10.6 Å². The van der Waals surface area contributed by atoms with Crippen LogP contribution in [0.4, 0.5) is 14.5 Å². The van der Waals surface area contributed by atoms with Gasteiger partial charge < -0.3 is 10.6 Å². The van der Waals surface area contributed by atoms with Crippen molar-refractivity contribution in [2.24, 2.45) is 0 Å². The monoisotopic (exact) mass is 372 g/mol. The van der Waals surface area contributed by atoms with Crippen molar-refractivity contribution in [1.29, 1.82) is 0 Å². The second-order valence-electron chi connectivity index (χ2n) is 5.46. The van der Waals surface area contributed by atoms with E-state index in [1.807, 2.05) is 30.3 Å². The number of halogens is 2. The maximum atomic E-state index is 13.1. The number of aromatic nitrogens is 4. The highest BCUT2D eigenvalue weighted by Crippen LogP contribution is 2.13. The zero-order chi connectivity index (χ0) is 19.2. The van der Waals surface area contributed by atoms with Gasteiger partial charge in [-0.05, 0) is 17.3 Å². The first kappa shape index (κ1) is 18.1. The van der Waals surface area contributed by atoms with Gasteiger partial charge >= 0.3 is 0 Å². The molecular formula is C17H14F2N6O2. The Hall–Kier alpha value is -3.69. The van der Waals surface area contributed by atoms with Crippen LogP contribution in [0.2, 0.25) is 0 Å². The minimum Gasteiger partial charge on any atom is -0.345 e. The van der Waals surface area contributed by atoms with Gasteiger partial charge in [0.2, 0.25) is 17.6 Å². The van der Waals surface area contributed by atoms with E-state index < -0.39 is 23.4 Å². The predicted molar refractivity (Wildman–Crippen MR) is 91.3 cm³/mol. The molecule has 0 aliphatic rings. The topological polar surface area (TPSA) is 102 Å². The first-order valence-corrected chi connectivity index (χ1v) is 7.86. The smallest absolute Gasteiger partial charge is 0.244 e. The van der Waals surface area contributed by atoms with Crippen LogP contribution in [-0.2, 0) is 16.1 Å². The van der Waals surface area contributed by atoms with Gasteiger partial charge in [-0.3, -0.25) is 9.59 Å². The molecule has 27 heavy (non-hydrogen) atoms. The van der Waals surface area contributed by atoms with E-state index in [-0.39, 0.29) is 18.8 Å². The summed E-state index contributed by atoms with van der Waals surface area (Å²) < 4.78 is 25.9. The van der Waals surface area contributed by atoms with Crippen molar-refractivity contribution < 1.29 is 18.4 Å². The van der Waals surface area contributed by atoms with Gasteiger partial charge in [0, 0.05) is 17.3 Å². The summed E-state index contributed by atoms with van der Waals surface area (Å²) >= 11 is 0. The Morgan fingerprint density at radius 1 is 1.00 bits per heavy atom. The number of hydrogen-bond donors (Lipinski definition) is 2. The molecule has 8 nitrogen and oxygen atoms in total. The van der Waals surface area contributed by atoms with Gasteiger partial charge in [0.1, 0.15) is 6.54 Å². The van der Waals surface area contributed by atoms with Crippen LogP contribution in [0.15, 0.2) is 48.5 Å². The van der Waals surface area contributed by atoms with E-state index in [0.717, 1.165) is 22.5 Å². The zero-order valence-corrected chi connectivity index (χ0v) is 13.9. The van der Waals surface area contributed by atoms with Crippen LogP contribution in [0, 0.1) is 11.6 Å². The zero-order valence-electron chi connectivity index (χ0n) is 13.9. The van der Waals surface area contributed by atoms with Crippen LogP contribution in [-0.4, -0.2) is 38.6 Å². The third-order valence-corrected chi connectivity index (χ3v) is 3.42. The number of nitrogens with one attached hydrogen (secondary N) is 2. The van der Waals surface area contributed by atoms with E-state index in [4.69, 9.17) is 0 Å². The fourth-order valence-corrected chi connectivity index (χ4v) is 2.16. The molecule has 0 saturated carbocycles. The van der Waals surface area contributed by atoms with Gasteiger partial charge in [-0.2, -0.15) is 4.80 Å². The normalized spacial score (nSPS) is 10.4. The molecule has 0 aliphatic carbocycles. The molecule has 0 bridgehead atoms. The number of benzene rings is 2. The molecule has 0 unspecified atom stereocenters. The van der Waals surface area contributed by atoms with Crippen molar-refractivity contribution in [3.63, 3.8) is 0 Å². The molecule has 0 atom stereocenters. The molecule has 0 radical (unpaired) electrons. The van der Waals surface area contributed by atoms with E-state index in [9.17, 15) is 18.4 Å². The Bertz CT molecular complexity index is 961. The summed E-state index contributed by atoms with van der Waals surface area (Å²) in [6, 6.07) is 12.1. The minimum absolute atomic E-state index is 0.0820. The van der Waals surface area contributed by atoms with Crippen LogP contribution in [0.3, 0.4) is 0 Å². The van der Waals surface area contributed by atoms with Gasteiger partial charge in [0.25, 0.3) is 0 Å². The molecule has 0 fully saturated rings. The fourth-order valence-electron chi connectivity index (χ4n) is 2.16. The lowest BCUT2D eigenvalue weighted by atomic mass is 10.2. The number of carbonyl (C=O) groups excluding carboxylic acids is 2. The third kappa shape index (κ3) is 4.91. The number of rotatable bonds is 6. The summed E-state index contributed by atoms with van der Waals surface area (Å²) in [6.07, 6.45) is 0. The number of hydrogen-bond acceptors (Lipinski definition) is 5. The van der Waals surface area contributed by atoms with E-state index in [0.29, 0.717) is 5.82 Å². The van der Waals surface area contributed by atoms with E-state index >= 15 is 0 Å². The highest BCUT2D eigenvalue weighted by molar-refractivity contribution is 5.94. The third-order valence-electron chi connectivity index (χ3n) is 3.42. The summed E-state index contributed by atoms with van der Waals surface area (Å²) in [4.78, 5) is 24.7. The summed E-state index contributed by atoms with van der Waals surface area (Å²) in [5.74, 6) is -2.82. The van der Waals surface area contributed by atoms with Crippen LogP contribution in [0.1, 0.15) is 0 Å². The minimum atomic E-state index is -1.08. The van der Waals surface area contributed by atoms with Crippen molar-refractivity contribution in [1.82, 2.24) is 25.5 Å². The number of nitrogens with zero attached hydrogens (tertiary/aromatic N) is 4. The first-order chi connectivity index (χ1) is 13.0. The number of tetrazole rings is 1. The lowest BCUT2D eigenvalue weighted by Crippen LogP contribution is -2.35. The second-order valence-corrected chi connectivity index (χ2v) is 5.46.